The standard InChI is InChI=1S/C30H36F3N7O3/c1-19(37-29(35)42)17-39-13-10-21(11-14-39)38-24-6-3-7-26-23(24)16-22(40(26)18-30(31,32)33)5-4-12-36-25-9-8-20(28(34)41)15-27(25)43-2/h3,6-9,15-16,19,21,36,38H,10-14,17-18H2,1-2H3,(H2,34,41)(H3,35,37,42)/t19-/m1/s1. The van der Waals surface area contributed by atoms with Crippen molar-refractivity contribution < 1.29 is 27.5 Å². The van der Waals surface area contributed by atoms with Crippen molar-refractivity contribution in [2.24, 2.45) is 11.5 Å². The number of urea groups is 1. The summed E-state index contributed by atoms with van der Waals surface area (Å²) < 4.78 is 47.3. The van der Waals surface area contributed by atoms with E-state index in [1.807, 2.05) is 13.0 Å². The number of anilines is 2. The van der Waals surface area contributed by atoms with Crippen LogP contribution in [0.25, 0.3) is 10.9 Å². The molecule has 1 fully saturated rings. The highest BCUT2D eigenvalue weighted by molar-refractivity contribution is 5.94. The first kappa shape index (κ1) is 31.4. The maximum atomic E-state index is 13.6. The number of hydrogen-bond acceptors (Lipinski definition) is 6. The van der Waals surface area contributed by atoms with Crippen molar-refractivity contribution in [2.75, 3.05) is 43.9 Å². The fourth-order valence-electron chi connectivity index (χ4n) is 5.28. The van der Waals surface area contributed by atoms with E-state index in [-0.39, 0.29) is 29.9 Å². The number of carbonyl (C=O) groups excluding carboxylic acids is 2. The van der Waals surface area contributed by atoms with E-state index in [9.17, 15) is 22.8 Å². The van der Waals surface area contributed by atoms with E-state index in [0.29, 0.717) is 28.9 Å². The minimum atomic E-state index is -4.44. The third-order valence-electron chi connectivity index (χ3n) is 7.22. The van der Waals surface area contributed by atoms with Crippen LogP contribution in [0.3, 0.4) is 0 Å². The Morgan fingerprint density at radius 3 is 2.51 bits per heavy atom. The summed E-state index contributed by atoms with van der Waals surface area (Å²) in [7, 11) is 1.45. The Kier molecular flexibility index (Phi) is 9.92. The normalized spacial score (nSPS) is 14.9. The third-order valence-corrected chi connectivity index (χ3v) is 7.22. The van der Waals surface area contributed by atoms with Gasteiger partial charge >= 0.3 is 12.2 Å². The van der Waals surface area contributed by atoms with Crippen molar-refractivity contribution >= 4 is 34.2 Å². The number of primary amides is 2. The Morgan fingerprint density at radius 1 is 1.12 bits per heavy atom. The molecule has 230 valence electrons. The van der Waals surface area contributed by atoms with Gasteiger partial charge in [0.05, 0.1) is 30.6 Å². The van der Waals surface area contributed by atoms with Gasteiger partial charge in [-0.2, -0.15) is 13.2 Å². The van der Waals surface area contributed by atoms with Crippen LogP contribution in [-0.4, -0.2) is 73.0 Å². The number of alkyl halides is 3. The Labute approximate surface area is 247 Å². The van der Waals surface area contributed by atoms with Crippen LogP contribution in [0, 0.1) is 11.8 Å². The summed E-state index contributed by atoms with van der Waals surface area (Å²) in [5, 5.41) is 9.94. The van der Waals surface area contributed by atoms with Gasteiger partial charge in [-0.05, 0) is 62.1 Å². The van der Waals surface area contributed by atoms with Crippen LogP contribution < -0.4 is 32.2 Å². The van der Waals surface area contributed by atoms with E-state index in [2.05, 4.69) is 32.7 Å². The first-order valence-electron chi connectivity index (χ1n) is 13.9. The lowest BCUT2D eigenvalue weighted by atomic mass is 10.0. The predicted molar refractivity (Wildman–Crippen MR) is 160 cm³/mol. The second-order valence-corrected chi connectivity index (χ2v) is 10.5. The number of rotatable bonds is 10. The number of benzene rings is 2. The summed E-state index contributed by atoms with van der Waals surface area (Å²) in [6.45, 7) is 3.17. The molecule has 10 nitrogen and oxygen atoms in total. The van der Waals surface area contributed by atoms with Gasteiger partial charge in [0.1, 0.15) is 12.3 Å². The van der Waals surface area contributed by atoms with Crippen LogP contribution in [0.5, 0.6) is 5.75 Å². The topological polar surface area (TPSA) is 140 Å². The molecular formula is C30H36F3N7O3. The monoisotopic (exact) mass is 599 g/mol. The number of likely N-dealkylation sites (tertiary alicyclic amines) is 1. The van der Waals surface area contributed by atoms with Gasteiger partial charge in [-0.15, -0.1) is 0 Å². The second-order valence-electron chi connectivity index (χ2n) is 10.5. The molecule has 0 saturated carbocycles. The number of nitrogens with one attached hydrogen (secondary N) is 3. The molecule has 0 spiro atoms. The molecule has 4 rings (SSSR count). The first-order valence-corrected chi connectivity index (χ1v) is 13.9. The molecule has 1 aliphatic heterocycles. The van der Waals surface area contributed by atoms with Gasteiger partial charge in [0.15, 0.2) is 0 Å². The molecule has 0 aliphatic carbocycles. The minimum Gasteiger partial charge on any atom is -0.495 e. The number of aromatic nitrogens is 1. The number of ether oxygens (including phenoxy) is 1. The number of hydrogen-bond donors (Lipinski definition) is 5. The number of piperidine rings is 1. The molecule has 2 heterocycles. The Morgan fingerprint density at radius 2 is 1.86 bits per heavy atom. The quantitative estimate of drug-likeness (QED) is 0.225. The molecule has 2 aromatic carbocycles. The van der Waals surface area contributed by atoms with Gasteiger partial charge in [-0.1, -0.05) is 12.0 Å². The molecule has 3 aromatic rings. The number of halogens is 3. The van der Waals surface area contributed by atoms with Gasteiger partial charge in [0.2, 0.25) is 5.91 Å². The van der Waals surface area contributed by atoms with Crippen molar-refractivity contribution in [1.29, 1.82) is 0 Å². The van der Waals surface area contributed by atoms with Gasteiger partial charge in [0, 0.05) is 48.4 Å². The molecule has 1 saturated heterocycles. The lowest BCUT2D eigenvalue weighted by Crippen LogP contribution is -2.47. The number of nitrogens with two attached hydrogens (primary N) is 2. The molecule has 7 N–H and O–H groups in total. The van der Waals surface area contributed by atoms with Crippen molar-refractivity contribution in [2.45, 2.75) is 44.6 Å². The molecule has 0 unspecified atom stereocenters. The van der Waals surface area contributed by atoms with Crippen molar-refractivity contribution in [1.82, 2.24) is 14.8 Å². The average molecular weight is 600 g/mol. The molecule has 13 heteroatoms. The average Bonchev–Trinajstić information content (AvgIpc) is 3.28. The Balaban J connectivity index is 1.50. The molecular weight excluding hydrogens is 563 g/mol. The van der Waals surface area contributed by atoms with E-state index < -0.39 is 24.7 Å². The Bertz CT molecular complexity index is 1520. The van der Waals surface area contributed by atoms with E-state index >= 15 is 0 Å². The molecule has 0 radical (unpaired) electrons. The molecule has 43 heavy (non-hydrogen) atoms. The number of amides is 3. The van der Waals surface area contributed by atoms with Crippen LogP contribution in [0.15, 0.2) is 42.5 Å². The summed E-state index contributed by atoms with van der Waals surface area (Å²) in [5.41, 5.74) is 12.8. The Hall–Kier alpha value is -4.57. The van der Waals surface area contributed by atoms with E-state index in [4.69, 9.17) is 16.2 Å². The van der Waals surface area contributed by atoms with Crippen LogP contribution in [-0.2, 0) is 6.54 Å². The number of methoxy groups -OCH3 is 1. The van der Waals surface area contributed by atoms with Crippen LogP contribution in [0.1, 0.15) is 35.8 Å². The van der Waals surface area contributed by atoms with Crippen LogP contribution in [0.4, 0.5) is 29.3 Å². The number of fused-ring (bicyclic) bond motifs is 1. The summed E-state index contributed by atoms with van der Waals surface area (Å²) in [6, 6.07) is 11.2. The van der Waals surface area contributed by atoms with Crippen molar-refractivity contribution in [3.63, 3.8) is 0 Å². The van der Waals surface area contributed by atoms with Gasteiger partial charge in [0.25, 0.3) is 0 Å². The molecule has 1 aromatic heterocycles. The highest BCUT2D eigenvalue weighted by Crippen LogP contribution is 2.31. The molecule has 1 aliphatic rings. The molecule has 0 bridgehead atoms. The van der Waals surface area contributed by atoms with Gasteiger partial charge in [-0.3, -0.25) is 4.79 Å². The summed E-state index contributed by atoms with van der Waals surface area (Å²) in [5.74, 6) is 5.60. The SMILES string of the molecule is COc1cc(C(N)=O)ccc1NCC#Cc1cc2c(NC3CCN(C[C@@H](C)NC(N)=O)CC3)cccc2n1CC(F)(F)F. The predicted octanol–water partition coefficient (Wildman–Crippen LogP) is 3.71. The third kappa shape index (κ3) is 8.48. The number of nitrogens with zero attached hydrogens (tertiary/aromatic N) is 2. The fourth-order valence-corrected chi connectivity index (χ4v) is 5.28. The van der Waals surface area contributed by atoms with Gasteiger partial charge < -0.3 is 41.6 Å². The van der Waals surface area contributed by atoms with Crippen LogP contribution in [0.2, 0.25) is 0 Å². The first-order chi connectivity index (χ1) is 20.4. The van der Waals surface area contributed by atoms with Crippen molar-refractivity contribution in [3.8, 4) is 17.6 Å². The summed E-state index contributed by atoms with van der Waals surface area (Å²) in [4.78, 5) is 24.8. The number of carbonyl (C=O) groups is 2. The highest BCUT2D eigenvalue weighted by atomic mass is 19.4. The maximum absolute atomic E-state index is 13.6. The van der Waals surface area contributed by atoms with E-state index in [1.54, 1.807) is 30.3 Å². The summed E-state index contributed by atoms with van der Waals surface area (Å²) in [6.07, 6.45) is -2.76. The second kappa shape index (κ2) is 13.6. The van der Waals surface area contributed by atoms with Crippen LogP contribution >= 0.6 is 0 Å². The zero-order chi connectivity index (χ0) is 31.1. The minimum absolute atomic E-state index is 0.0664. The fraction of sp³-hybridized carbons (Fsp3) is 0.400. The van der Waals surface area contributed by atoms with E-state index in [0.717, 1.165) is 31.6 Å². The van der Waals surface area contributed by atoms with E-state index in [1.165, 1.54) is 17.7 Å². The maximum Gasteiger partial charge on any atom is 0.406 e. The van der Waals surface area contributed by atoms with Gasteiger partial charge in [-0.25, -0.2) is 4.79 Å². The lowest BCUT2D eigenvalue weighted by Gasteiger charge is -2.34. The summed E-state index contributed by atoms with van der Waals surface area (Å²) >= 11 is 0. The molecule has 1 atom stereocenters. The zero-order valence-electron chi connectivity index (χ0n) is 24.1. The molecule has 3 amide bonds. The highest BCUT2D eigenvalue weighted by Gasteiger charge is 2.30. The smallest absolute Gasteiger partial charge is 0.406 e. The zero-order valence-corrected chi connectivity index (χ0v) is 24.1. The van der Waals surface area contributed by atoms with Crippen molar-refractivity contribution in [3.05, 3.63) is 53.7 Å². The lowest BCUT2D eigenvalue weighted by molar-refractivity contribution is -0.140. The largest absolute Gasteiger partial charge is 0.495 e.